The van der Waals surface area contributed by atoms with Crippen molar-refractivity contribution in [3.8, 4) is 11.5 Å². The second-order valence-corrected chi connectivity index (χ2v) is 5.02. The van der Waals surface area contributed by atoms with Crippen molar-refractivity contribution in [1.82, 2.24) is 10.6 Å². The lowest BCUT2D eigenvalue weighted by Crippen LogP contribution is -2.24. The number of ether oxygens (including phenoxy) is 2. The summed E-state index contributed by atoms with van der Waals surface area (Å²) in [5, 5.41) is 5.90. The van der Waals surface area contributed by atoms with E-state index in [9.17, 15) is 4.79 Å². The van der Waals surface area contributed by atoms with E-state index in [0.717, 1.165) is 30.0 Å². The topological polar surface area (TPSA) is 59.6 Å². The summed E-state index contributed by atoms with van der Waals surface area (Å²) in [6.45, 7) is 1.51. The highest BCUT2D eigenvalue weighted by atomic mass is 16.5. The first-order valence-electron chi connectivity index (χ1n) is 7.48. The smallest absolute Gasteiger partial charge is 0.257 e. The first-order chi connectivity index (χ1) is 11.2. The van der Waals surface area contributed by atoms with Gasteiger partial charge in [0.1, 0.15) is 11.5 Å². The molecule has 2 N–H and O–H groups in total. The largest absolute Gasteiger partial charge is 0.496 e. The fourth-order valence-corrected chi connectivity index (χ4v) is 2.12. The number of nitrogens with one attached hydrogen (secondary N) is 2. The Morgan fingerprint density at radius 1 is 1.04 bits per heavy atom. The fourth-order valence-electron chi connectivity index (χ4n) is 2.12. The van der Waals surface area contributed by atoms with Gasteiger partial charge in [-0.3, -0.25) is 4.79 Å². The van der Waals surface area contributed by atoms with Crippen LogP contribution in [0.4, 0.5) is 0 Å². The van der Waals surface area contributed by atoms with Crippen LogP contribution in [0, 0.1) is 0 Å². The predicted octanol–water partition coefficient (Wildman–Crippen LogP) is 2.11. The number of amides is 1. The maximum absolute atomic E-state index is 11.1. The van der Waals surface area contributed by atoms with E-state index < -0.39 is 0 Å². The van der Waals surface area contributed by atoms with Gasteiger partial charge < -0.3 is 20.1 Å². The molecule has 122 valence electrons. The van der Waals surface area contributed by atoms with Gasteiger partial charge in [0.25, 0.3) is 5.91 Å². The summed E-state index contributed by atoms with van der Waals surface area (Å²) in [7, 11) is 3.26. The third-order valence-electron chi connectivity index (χ3n) is 3.41. The SMILES string of the molecule is CNC(=O)COc1ccc(CNCc2ccccc2OC)cc1. The lowest BCUT2D eigenvalue weighted by molar-refractivity contribution is -0.122. The average molecular weight is 314 g/mol. The van der Waals surface area contributed by atoms with Crippen molar-refractivity contribution in [2.45, 2.75) is 13.1 Å². The van der Waals surface area contributed by atoms with Gasteiger partial charge >= 0.3 is 0 Å². The summed E-state index contributed by atoms with van der Waals surface area (Å²) in [5.74, 6) is 1.42. The van der Waals surface area contributed by atoms with Crippen LogP contribution in [0.1, 0.15) is 11.1 Å². The Hall–Kier alpha value is -2.53. The molecule has 0 aliphatic heterocycles. The van der Waals surface area contributed by atoms with Crippen LogP contribution >= 0.6 is 0 Å². The van der Waals surface area contributed by atoms with Crippen molar-refractivity contribution in [3.63, 3.8) is 0 Å². The van der Waals surface area contributed by atoms with E-state index in [1.807, 2.05) is 48.5 Å². The standard InChI is InChI=1S/C18H22N2O3/c1-19-18(21)13-23-16-9-7-14(8-10-16)11-20-12-15-5-3-4-6-17(15)22-2/h3-10,20H,11-13H2,1-2H3,(H,19,21). The first kappa shape index (κ1) is 16.8. The molecule has 23 heavy (non-hydrogen) atoms. The summed E-state index contributed by atoms with van der Waals surface area (Å²) in [6.07, 6.45) is 0. The summed E-state index contributed by atoms with van der Waals surface area (Å²) < 4.78 is 10.7. The van der Waals surface area contributed by atoms with Crippen molar-refractivity contribution < 1.29 is 14.3 Å². The minimum absolute atomic E-state index is 0.0297. The number of carbonyl (C=O) groups is 1. The van der Waals surface area contributed by atoms with Crippen LogP contribution in [-0.4, -0.2) is 26.7 Å². The zero-order valence-electron chi connectivity index (χ0n) is 13.5. The van der Waals surface area contributed by atoms with Crippen LogP contribution in [0.2, 0.25) is 0 Å². The van der Waals surface area contributed by atoms with Crippen molar-refractivity contribution in [2.75, 3.05) is 20.8 Å². The number of para-hydroxylation sites is 1. The van der Waals surface area contributed by atoms with Crippen LogP contribution < -0.4 is 20.1 Å². The van der Waals surface area contributed by atoms with E-state index in [0.29, 0.717) is 5.75 Å². The van der Waals surface area contributed by atoms with Gasteiger partial charge in [0.05, 0.1) is 7.11 Å². The van der Waals surface area contributed by atoms with Crippen molar-refractivity contribution in [2.24, 2.45) is 0 Å². The monoisotopic (exact) mass is 314 g/mol. The quantitative estimate of drug-likeness (QED) is 0.783. The number of rotatable bonds is 8. The highest BCUT2D eigenvalue weighted by molar-refractivity contribution is 5.77. The second kappa shape index (κ2) is 8.80. The third-order valence-corrected chi connectivity index (χ3v) is 3.41. The minimum atomic E-state index is -0.146. The highest BCUT2D eigenvalue weighted by Crippen LogP contribution is 2.17. The molecule has 0 saturated heterocycles. The normalized spacial score (nSPS) is 10.2. The molecule has 2 aromatic rings. The Morgan fingerprint density at radius 2 is 1.78 bits per heavy atom. The maximum atomic E-state index is 11.1. The molecule has 0 bridgehead atoms. The number of hydrogen-bond donors (Lipinski definition) is 2. The van der Waals surface area contributed by atoms with Crippen molar-refractivity contribution in [3.05, 3.63) is 59.7 Å². The Labute approximate surface area is 136 Å². The van der Waals surface area contributed by atoms with Gasteiger partial charge in [-0.05, 0) is 23.8 Å². The lowest BCUT2D eigenvalue weighted by atomic mass is 10.2. The van der Waals surface area contributed by atoms with Crippen LogP contribution in [0.25, 0.3) is 0 Å². The molecular formula is C18H22N2O3. The van der Waals surface area contributed by atoms with E-state index in [4.69, 9.17) is 9.47 Å². The molecule has 2 rings (SSSR count). The van der Waals surface area contributed by atoms with Gasteiger partial charge in [-0.15, -0.1) is 0 Å². The second-order valence-electron chi connectivity index (χ2n) is 5.02. The number of hydrogen-bond acceptors (Lipinski definition) is 4. The summed E-state index contributed by atoms with van der Waals surface area (Å²) in [4.78, 5) is 11.1. The molecule has 0 saturated carbocycles. The van der Waals surface area contributed by atoms with E-state index in [2.05, 4.69) is 10.6 Å². The van der Waals surface area contributed by atoms with Gasteiger partial charge in [0.2, 0.25) is 0 Å². The molecule has 1 amide bonds. The van der Waals surface area contributed by atoms with E-state index in [1.165, 1.54) is 0 Å². The molecule has 0 spiro atoms. The number of benzene rings is 2. The zero-order valence-corrected chi connectivity index (χ0v) is 13.5. The molecule has 5 heteroatoms. The molecule has 0 unspecified atom stereocenters. The summed E-state index contributed by atoms with van der Waals surface area (Å²) in [6, 6.07) is 15.6. The molecular weight excluding hydrogens is 292 g/mol. The molecule has 0 aliphatic rings. The summed E-state index contributed by atoms with van der Waals surface area (Å²) >= 11 is 0. The minimum Gasteiger partial charge on any atom is -0.496 e. The Balaban J connectivity index is 1.81. The number of carbonyl (C=O) groups excluding carboxylic acids is 1. The van der Waals surface area contributed by atoms with Crippen molar-refractivity contribution in [1.29, 1.82) is 0 Å². The van der Waals surface area contributed by atoms with Gasteiger partial charge in [-0.25, -0.2) is 0 Å². The van der Waals surface area contributed by atoms with Gasteiger partial charge in [-0.1, -0.05) is 30.3 Å². The molecule has 0 aliphatic carbocycles. The van der Waals surface area contributed by atoms with Crippen LogP contribution in [0.15, 0.2) is 48.5 Å². The highest BCUT2D eigenvalue weighted by Gasteiger charge is 2.02. The maximum Gasteiger partial charge on any atom is 0.257 e. The molecule has 0 heterocycles. The van der Waals surface area contributed by atoms with Crippen LogP contribution in [0.5, 0.6) is 11.5 Å². The molecule has 0 aromatic heterocycles. The lowest BCUT2D eigenvalue weighted by Gasteiger charge is -2.10. The third kappa shape index (κ3) is 5.30. The Morgan fingerprint density at radius 3 is 2.48 bits per heavy atom. The van der Waals surface area contributed by atoms with Gasteiger partial charge in [0, 0.05) is 25.7 Å². The summed E-state index contributed by atoms with van der Waals surface area (Å²) in [5.41, 5.74) is 2.27. The first-order valence-corrected chi connectivity index (χ1v) is 7.48. The van der Waals surface area contributed by atoms with Crippen LogP contribution in [0.3, 0.4) is 0 Å². The van der Waals surface area contributed by atoms with Crippen molar-refractivity contribution >= 4 is 5.91 Å². The van der Waals surface area contributed by atoms with Gasteiger partial charge in [0.15, 0.2) is 6.61 Å². The van der Waals surface area contributed by atoms with E-state index >= 15 is 0 Å². The number of methoxy groups -OCH3 is 1. The number of likely N-dealkylation sites (N-methyl/N-ethyl adjacent to an activating group) is 1. The molecule has 2 aromatic carbocycles. The molecule has 0 fully saturated rings. The molecule has 5 nitrogen and oxygen atoms in total. The van der Waals surface area contributed by atoms with Crippen LogP contribution in [-0.2, 0) is 17.9 Å². The Bertz CT molecular complexity index is 626. The average Bonchev–Trinajstić information content (AvgIpc) is 2.61. The Kier molecular flexibility index (Phi) is 6.44. The molecule has 0 atom stereocenters. The fraction of sp³-hybridized carbons (Fsp3) is 0.278. The predicted molar refractivity (Wildman–Crippen MR) is 89.5 cm³/mol. The molecule has 0 radical (unpaired) electrons. The zero-order chi connectivity index (χ0) is 16.5. The van der Waals surface area contributed by atoms with Gasteiger partial charge in [-0.2, -0.15) is 0 Å². The van der Waals surface area contributed by atoms with E-state index in [1.54, 1.807) is 14.2 Å². The van der Waals surface area contributed by atoms with E-state index in [-0.39, 0.29) is 12.5 Å².